The Morgan fingerprint density at radius 1 is 0.500 bits per heavy atom. The number of hydrogen-bond acceptors (Lipinski definition) is 0. The summed E-state index contributed by atoms with van der Waals surface area (Å²) in [5.74, 6) is 0. The van der Waals surface area contributed by atoms with Crippen LogP contribution in [0, 0.1) is 40.8 Å². The molecule has 0 amide bonds. The molecule has 0 atom stereocenters. The van der Waals surface area contributed by atoms with Crippen molar-refractivity contribution in [2.24, 2.45) is 0 Å². The fourth-order valence-electron chi connectivity index (χ4n) is 1.30. The smallest absolute Gasteiger partial charge is 0 e. The first-order valence-corrected chi connectivity index (χ1v) is 8.09. The van der Waals surface area contributed by atoms with Crippen LogP contribution in [0.5, 0.6) is 0 Å². The molecule has 0 fully saturated rings. The summed E-state index contributed by atoms with van der Waals surface area (Å²) in [5, 5.41) is 8.70. The second-order valence-electron chi connectivity index (χ2n) is 4.76. The molecule has 0 aliphatic rings. The van der Waals surface area contributed by atoms with Crippen molar-refractivity contribution in [1.29, 1.82) is 0 Å². The van der Waals surface area contributed by atoms with Crippen LogP contribution < -0.4 is 0 Å². The molecule has 0 rings (SSSR count). The van der Waals surface area contributed by atoms with Gasteiger partial charge >= 0.3 is 0 Å². The van der Waals surface area contributed by atoms with E-state index < -0.39 is 0 Å². The van der Waals surface area contributed by atoms with Crippen molar-refractivity contribution >= 4 is 24.0 Å². The van der Waals surface area contributed by atoms with E-state index in [4.69, 9.17) is 0 Å². The number of nitrogens with zero attached hydrogens (tertiary/aromatic N) is 2. The Morgan fingerprint density at radius 2 is 0.700 bits per heavy atom. The first-order valence-electron chi connectivity index (χ1n) is 8.09. The maximum atomic E-state index is 4.35. The van der Waals surface area contributed by atoms with Gasteiger partial charge in [0.1, 0.15) is 0 Å². The van der Waals surface area contributed by atoms with Crippen LogP contribution in [0.2, 0.25) is 0 Å². The molecule has 0 radical (unpaired) electrons. The van der Waals surface area contributed by atoms with Crippen molar-refractivity contribution < 1.29 is 40.8 Å². The van der Waals surface area contributed by atoms with Crippen LogP contribution >= 0.6 is 24.0 Å². The topological polar surface area (TPSA) is 28.2 Å². The van der Waals surface area contributed by atoms with Gasteiger partial charge < -0.3 is 10.6 Å². The van der Waals surface area contributed by atoms with Crippen molar-refractivity contribution in [2.75, 3.05) is 26.2 Å². The first-order chi connectivity index (χ1) is 8.83. The van der Waals surface area contributed by atoms with Gasteiger partial charge in [-0.2, -0.15) is 0 Å². The van der Waals surface area contributed by atoms with Gasteiger partial charge in [0.25, 0.3) is 0 Å². The molecule has 4 heteroatoms. The number of rotatable bonds is 12. The molecule has 0 spiro atoms. The molecule has 0 aromatic rings. The third-order valence-electron chi connectivity index (χ3n) is 2.68. The second-order valence-corrected chi connectivity index (χ2v) is 4.76. The average molecular weight is 529 g/mol. The van der Waals surface area contributed by atoms with Crippen LogP contribution in [-0.4, -0.2) is 26.2 Å². The van der Waals surface area contributed by atoms with Crippen LogP contribution in [0.4, 0.5) is 0 Å². The molecule has 0 bridgehead atoms. The molecule has 20 heavy (non-hydrogen) atoms. The van der Waals surface area contributed by atoms with Gasteiger partial charge in [0.15, 0.2) is 0 Å². The first kappa shape index (κ1) is 29.9. The van der Waals surface area contributed by atoms with Crippen molar-refractivity contribution in [3.63, 3.8) is 0 Å². The van der Waals surface area contributed by atoms with Gasteiger partial charge in [0.2, 0.25) is 0 Å². The maximum Gasteiger partial charge on any atom is 0 e. The van der Waals surface area contributed by atoms with Gasteiger partial charge in [0, 0.05) is 40.8 Å². The Morgan fingerprint density at radius 3 is 0.850 bits per heavy atom. The van der Waals surface area contributed by atoms with E-state index in [0.29, 0.717) is 0 Å². The predicted octanol–water partition coefficient (Wildman–Crippen LogP) is 6.54. The fourth-order valence-corrected chi connectivity index (χ4v) is 1.30. The molecule has 2 nitrogen and oxygen atoms in total. The SMILES string of the molecule is CCCC[N-]CCCC.CCCC[N-]CCCC.I.[Nd]. The molecule has 0 unspecified atom stereocenters. The molecule has 0 saturated carbocycles. The zero-order valence-electron chi connectivity index (χ0n) is 14.3. The van der Waals surface area contributed by atoms with E-state index in [1.165, 1.54) is 51.4 Å². The number of unbranched alkanes of at least 4 members (excludes halogenated alkanes) is 4. The van der Waals surface area contributed by atoms with Crippen LogP contribution in [-0.2, 0) is 0 Å². The minimum absolute atomic E-state index is 0. The summed E-state index contributed by atoms with van der Waals surface area (Å²) in [4.78, 5) is 0. The maximum absolute atomic E-state index is 4.35. The third-order valence-corrected chi connectivity index (χ3v) is 2.68. The van der Waals surface area contributed by atoms with E-state index in [0.717, 1.165) is 26.2 Å². The van der Waals surface area contributed by atoms with Crippen molar-refractivity contribution in [3.05, 3.63) is 10.6 Å². The minimum atomic E-state index is 0. The zero-order valence-corrected chi connectivity index (χ0v) is 19.8. The predicted molar refractivity (Wildman–Crippen MR) is 101 cm³/mol. The number of halogens is 1. The van der Waals surface area contributed by atoms with Gasteiger partial charge in [-0.25, -0.2) is 0 Å². The Balaban J connectivity index is -0.000000116. The van der Waals surface area contributed by atoms with Crippen molar-refractivity contribution in [3.8, 4) is 0 Å². The Kier molecular flexibility index (Phi) is 49.1. The third kappa shape index (κ3) is 36.8. The molecular formula is C16H37IN2Nd-2. The summed E-state index contributed by atoms with van der Waals surface area (Å²) in [7, 11) is 0. The molecule has 0 aromatic carbocycles. The molecule has 124 valence electrons. The van der Waals surface area contributed by atoms with Gasteiger partial charge in [-0.05, 0) is 0 Å². The van der Waals surface area contributed by atoms with Crippen LogP contribution in [0.1, 0.15) is 79.1 Å². The zero-order chi connectivity index (χ0) is 13.9. The Bertz CT molecular complexity index is 101. The summed E-state index contributed by atoms with van der Waals surface area (Å²) in [6, 6.07) is 0. The van der Waals surface area contributed by atoms with Crippen molar-refractivity contribution in [2.45, 2.75) is 79.1 Å². The second kappa shape index (κ2) is 32.8. The van der Waals surface area contributed by atoms with Crippen LogP contribution in [0.25, 0.3) is 10.6 Å². The summed E-state index contributed by atoms with van der Waals surface area (Å²) in [6.07, 6.45) is 10.2. The van der Waals surface area contributed by atoms with E-state index in [2.05, 4.69) is 38.3 Å². The van der Waals surface area contributed by atoms with E-state index in [-0.39, 0.29) is 64.8 Å². The molecule has 0 saturated heterocycles. The largest absolute Gasteiger partial charge is 0.662 e. The van der Waals surface area contributed by atoms with E-state index >= 15 is 0 Å². The molecule has 0 aromatic heterocycles. The van der Waals surface area contributed by atoms with Crippen LogP contribution in [0.3, 0.4) is 0 Å². The van der Waals surface area contributed by atoms with Gasteiger partial charge in [-0.15, -0.1) is 50.2 Å². The molecular weight excluding hydrogens is 491 g/mol. The standard InChI is InChI=1S/2C8H18N.HI.Nd/c2*1-3-5-7-9-8-6-4-2;;/h2*3-8H2,1-2H3;1H;/q2*-1;;. The fraction of sp³-hybridized carbons (Fsp3) is 1.00. The molecule has 0 heterocycles. The Hall–Kier alpha value is 2.00. The molecule has 0 N–H and O–H groups in total. The van der Waals surface area contributed by atoms with Crippen molar-refractivity contribution in [1.82, 2.24) is 0 Å². The summed E-state index contributed by atoms with van der Waals surface area (Å²) in [6.45, 7) is 13.1. The van der Waals surface area contributed by atoms with E-state index in [9.17, 15) is 0 Å². The molecule has 0 aliphatic carbocycles. The summed E-state index contributed by atoms with van der Waals surface area (Å²) >= 11 is 0. The molecule has 0 aliphatic heterocycles. The van der Waals surface area contributed by atoms with Gasteiger partial charge in [-0.3, -0.25) is 0 Å². The van der Waals surface area contributed by atoms with E-state index in [1.54, 1.807) is 0 Å². The normalized spacial score (nSPS) is 9.00. The summed E-state index contributed by atoms with van der Waals surface area (Å²) < 4.78 is 0. The Labute approximate surface area is 178 Å². The van der Waals surface area contributed by atoms with E-state index in [1.807, 2.05) is 0 Å². The minimum Gasteiger partial charge on any atom is -0.662 e. The van der Waals surface area contributed by atoms with Crippen LogP contribution in [0.15, 0.2) is 0 Å². The van der Waals surface area contributed by atoms with Gasteiger partial charge in [0.05, 0.1) is 0 Å². The average Bonchev–Trinajstić information content (AvgIpc) is 2.39. The quantitative estimate of drug-likeness (QED) is 0.203. The van der Waals surface area contributed by atoms with Gasteiger partial charge in [-0.1, -0.05) is 79.1 Å². The summed E-state index contributed by atoms with van der Waals surface area (Å²) in [5.41, 5.74) is 0. The number of hydrogen-bond donors (Lipinski definition) is 0. The monoisotopic (exact) mass is 526 g/mol.